The molecule has 0 saturated heterocycles. The maximum atomic E-state index is 14.8. The Morgan fingerprint density at radius 3 is 1.75 bits per heavy atom. The highest BCUT2D eigenvalue weighted by Crippen LogP contribution is 2.24. The zero-order valence-electron chi connectivity index (χ0n) is 34.0. The van der Waals surface area contributed by atoms with Crippen molar-refractivity contribution in [3.63, 3.8) is 0 Å². The smallest absolute Gasteiger partial charge is 0.329 e. The van der Waals surface area contributed by atoms with Crippen LogP contribution in [0.2, 0.25) is 0 Å². The van der Waals surface area contributed by atoms with E-state index < -0.39 is 45.9 Å². The van der Waals surface area contributed by atoms with Crippen LogP contribution in [0.15, 0.2) is 41.4 Å². The van der Waals surface area contributed by atoms with Gasteiger partial charge in [0, 0.05) is 25.7 Å². The first-order valence-electron chi connectivity index (χ1n) is 20.4. The first-order valence-corrected chi connectivity index (χ1v) is 22.0. The summed E-state index contributed by atoms with van der Waals surface area (Å²) in [5.41, 5.74) is 0.408. The molecule has 0 unspecified atom stereocenters. The molecule has 18 heteroatoms. The Morgan fingerprint density at radius 2 is 1.19 bits per heavy atom. The second-order valence-electron chi connectivity index (χ2n) is 13.8. The molecule has 4 N–H and O–H groups in total. The number of carbonyl (C=O) groups is 4. The van der Waals surface area contributed by atoms with Crippen LogP contribution in [0.4, 0.5) is 4.39 Å². The summed E-state index contributed by atoms with van der Waals surface area (Å²) in [7, 11) is -3.93. The van der Waals surface area contributed by atoms with Crippen LogP contribution in [-0.4, -0.2) is 120 Å². The van der Waals surface area contributed by atoms with Crippen molar-refractivity contribution < 1.29 is 65.9 Å². The Labute approximate surface area is 346 Å². The number of nitrogens with one attached hydrogen (secondary N) is 2. The Kier molecular flexibility index (Phi) is 27.3. The van der Waals surface area contributed by atoms with Gasteiger partial charge in [0.25, 0.3) is 5.91 Å². The van der Waals surface area contributed by atoms with Crippen molar-refractivity contribution >= 4 is 33.6 Å². The standard InChI is InChI=1S/C41H62FN3O13S/c42-36-28-35(17-18-37(36)58-21-13-11-9-7-5-3-1-2-4-6-8-10-12-14-39(47)48)59(52,53)32-34-16-15-33(29-45-34)41(51)44-20-23-55-24-26-56-30-38(46)43-19-22-54-25-27-57-31-40(49)50/h15-18,28-29H,1-14,19-27,30-32H2,(H,43,46)(H,44,51)(H,47,48)(H,49,50). The van der Waals surface area contributed by atoms with Gasteiger partial charge in [0.15, 0.2) is 21.4 Å². The lowest BCUT2D eigenvalue weighted by Gasteiger charge is -2.10. The number of ether oxygens (including phenoxy) is 5. The summed E-state index contributed by atoms with van der Waals surface area (Å²) in [4.78, 5) is 49.0. The van der Waals surface area contributed by atoms with Gasteiger partial charge in [-0.15, -0.1) is 0 Å². The maximum Gasteiger partial charge on any atom is 0.329 e. The van der Waals surface area contributed by atoms with Gasteiger partial charge in [0.1, 0.15) is 13.2 Å². The fourth-order valence-electron chi connectivity index (χ4n) is 5.64. The number of nitrogens with zero attached hydrogens (tertiary/aromatic N) is 1. The van der Waals surface area contributed by atoms with Crippen molar-refractivity contribution in [1.82, 2.24) is 15.6 Å². The first-order chi connectivity index (χ1) is 28.5. The molecule has 0 fully saturated rings. The molecule has 1 aromatic carbocycles. The molecule has 332 valence electrons. The van der Waals surface area contributed by atoms with Gasteiger partial charge in [-0.1, -0.05) is 70.6 Å². The number of hydrogen-bond acceptors (Lipinski definition) is 12. The van der Waals surface area contributed by atoms with E-state index in [1.165, 1.54) is 69.0 Å². The minimum Gasteiger partial charge on any atom is -0.491 e. The third-order valence-electron chi connectivity index (χ3n) is 8.78. The molecule has 0 bridgehead atoms. The average molecular weight is 856 g/mol. The molecule has 0 atom stereocenters. The van der Waals surface area contributed by atoms with E-state index in [9.17, 15) is 32.0 Å². The molecule has 1 heterocycles. The fraction of sp³-hybridized carbons (Fsp3) is 0.634. The monoisotopic (exact) mass is 855 g/mol. The Bertz CT molecular complexity index is 1610. The molecule has 0 saturated carbocycles. The molecule has 2 aromatic rings. The number of carboxylic acids is 2. The number of carbonyl (C=O) groups excluding carboxylic acids is 2. The molecule has 1 aromatic heterocycles. The molecule has 0 radical (unpaired) electrons. The highest BCUT2D eigenvalue weighted by atomic mass is 32.2. The average Bonchev–Trinajstić information content (AvgIpc) is 3.20. The summed E-state index contributed by atoms with van der Waals surface area (Å²) in [6, 6.07) is 6.46. The number of aliphatic carboxylic acids is 2. The van der Waals surface area contributed by atoms with Gasteiger partial charge in [-0.05, 0) is 43.2 Å². The summed E-state index contributed by atoms with van der Waals surface area (Å²) in [6.07, 6.45) is 15.5. The predicted octanol–water partition coefficient (Wildman–Crippen LogP) is 5.12. The number of hydrogen-bond donors (Lipinski definition) is 4. The number of unbranched alkanes of at least 4 members (excludes halogenated alkanes) is 12. The number of benzene rings is 1. The quantitative estimate of drug-likeness (QED) is 0.0648. The van der Waals surface area contributed by atoms with E-state index in [1.54, 1.807) is 0 Å². The van der Waals surface area contributed by atoms with Crippen LogP contribution in [0, 0.1) is 5.82 Å². The van der Waals surface area contributed by atoms with Crippen LogP contribution in [-0.2, 0) is 48.9 Å². The Hall–Kier alpha value is -4.23. The fourth-order valence-corrected chi connectivity index (χ4v) is 6.92. The Morgan fingerprint density at radius 1 is 0.627 bits per heavy atom. The number of aromatic nitrogens is 1. The van der Waals surface area contributed by atoms with Crippen molar-refractivity contribution in [1.29, 1.82) is 0 Å². The summed E-state index contributed by atoms with van der Waals surface area (Å²) in [5, 5.41) is 22.4. The van der Waals surface area contributed by atoms with E-state index in [0.717, 1.165) is 51.0 Å². The molecular weight excluding hydrogens is 794 g/mol. The molecule has 59 heavy (non-hydrogen) atoms. The van der Waals surface area contributed by atoms with E-state index in [1.807, 2.05) is 0 Å². The van der Waals surface area contributed by atoms with E-state index in [0.29, 0.717) is 6.61 Å². The van der Waals surface area contributed by atoms with E-state index >= 15 is 0 Å². The number of rotatable bonds is 37. The second kappa shape index (κ2) is 31.7. The lowest BCUT2D eigenvalue weighted by atomic mass is 10.0. The predicted molar refractivity (Wildman–Crippen MR) is 216 cm³/mol. The lowest BCUT2D eigenvalue weighted by molar-refractivity contribution is -0.143. The third kappa shape index (κ3) is 25.8. The molecule has 0 aliphatic heterocycles. The molecular formula is C41H62FN3O13S. The number of carboxylic acid groups (broad SMARTS) is 2. The van der Waals surface area contributed by atoms with Crippen molar-refractivity contribution in [2.75, 3.05) is 72.6 Å². The molecule has 2 amide bonds. The highest BCUT2D eigenvalue weighted by Gasteiger charge is 2.19. The molecule has 16 nitrogen and oxygen atoms in total. The summed E-state index contributed by atoms with van der Waals surface area (Å²) >= 11 is 0. The maximum absolute atomic E-state index is 14.8. The van der Waals surface area contributed by atoms with Gasteiger partial charge in [0.05, 0.1) is 68.2 Å². The topological polar surface area (TPSA) is 226 Å². The van der Waals surface area contributed by atoms with E-state index in [4.69, 9.17) is 33.9 Å². The molecule has 0 spiro atoms. The molecule has 0 aliphatic carbocycles. The minimum atomic E-state index is -3.93. The zero-order valence-corrected chi connectivity index (χ0v) is 34.8. The van der Waals surface area contributed by atoms with E-state index in [-0.39, 0.29) is 93.6 Å². The van der Waals surface area contributed by atoms with E-state index in [2.05, 4.69) is 15.6 Å². The van der Waals surface area contributed by atoms with Gasteiger partial charge >= 0.3 is 11.9 Å². The van der Waals surface area contributed by atoms with Gasteiger partial charge in [-0.25, -0.2) is 17.6 Å². The number of amides is 2. The number of halogens is 1. The summed E-state index contributed by atoms with van der Waals surface area (Å²) in [5.74, 6) is -3.79. The van der Waals surface area contributed by atoms with Crippen LogP contribution < -0.4 is 15.4 Å². The second-order valence-corrected chi connectivity index (χ2v) is 15.8. The number of sulfone groups is 1. The van der Waals surface area contributed by atoms with Gasteiger partial charge in [0.2, 0.25) is 5.91 Å². The summed E-state index contributed by atoms with van der Waals surface area (Å²) in [6.45, 7) is 1.33. The molecule has 0 aliphatic rings. The van der Waals surface area contributed by atoms with Crippen LogP contribution in [0.1, 0.15) is 106 Å². The van der Waals surface area contributed by atoms with Crippen molar-refractivity contribution in [2.24, 2.45) is 0 Å². The van der Waals surface area contributed by atoms with Crippen LogP contribution in [0.25, 0.3) is 0 Å². The van der Waals surface area contributed by atoms with Crippen LogP contribution in [0.3, 0.4) is 0 Å². The van der Waals surface area contributed by atoms with Crippen LogP contribution >= 0.6 is 0 Å². The van der Waals surface area contributed by atoms with Crippen molar-refractivity contribution in [3.05, 3.63) is 53.6 Å². The number of pyridine rings is 1. The third-order valence-corrected chi connectivity index (χ3v) is 10.4. The Balaban J connectivity index is 1.52. The van der Waals surface area contributed by atoms with Crippen molar-refractivity contribution in [2.45, 2.75) is 101 Å². The largest absolute Gasteiger partial charge is 0.491 e. The minimum absolute atomic E-state index is 0.00133. The summed E-state index contributed by atoms with van der Waals surface area (Å²) < 4.78 is 67.0. The van der Waals surface area contributed by atoms with Gasteiger partial charge in [-0.2, -0.15) is 0 Å². The SMILES string of the molecule is O=C(O)CCCCCCCCCCCCCCCOc1ccc(S(=O)(=O)Cc2ccc(C(=O)NCCOCCOCC(=O)NCCOCCOCC(=O)O)cn2)cc1F. The lowest BCUT2D eigenvalue weighted by Crippen LogP contribution is -2.31. The first kappa shape index (κ1) is 50.9. The van der Waals surface area contributed by atoms with Gasteiger partial charge < -0.3 is 44.5 Å². The molecule has 2 rings (SSSR count). The normalized spacial score (nSPS) is 11.3. The van der Waals surface area contributed by atoms with Crippen LogP contribution in [0.5, 0.6) is 5.75 Å². The van der Waals surface area contributed by atoms with Crippen molar-refractivity contribution in [3.8, 4) is 5.75 Å². The van der Waals surface area contributed by atoms with Gasteiger partial charge in [-0.3, -0.25) is 19.4 Å². The highest BCUT2D eigenvalue weighted by molar-refractivity contribution is 7.90. The zero-order chi connectivity index (χ0) is 43.0.